The van der Waals surface area contributed by atoms with Crippen LogP contribution in [0.4, 0.5) is 0 Å². The van der Waals surface area contributed by atoms with Crippen LogP contribution in [0.3, 0.4) is 0 Å². The van der Waals surface area contributed by atoms with Gasteiger partial charge in [-0.3, -0.25) is 9.80 Å². The number of nitrogens with two attached hydrogens (primary N) is 1. The highest BCUT2D eigenvalue weighted by atomic mass is 16.2. The normalized spacial score (nSPS) is 33.5. The molecule has 2 N–H and O–H groups in total. The van der Waals surface area contributed by atoms with Crippen LogP contribution in [0.5, 0.6) is 0 Å². The van der Waals surface area contributed by atoms with E-state index >= 15 is 0 Å². The van der Waals surface area contributed by atoms with Gasteiger partial charge in [0.25, 0.3) is 0 Å². The van der Waals surface area contributed by atoms with Crippen molar-refractivity contribution in [2.24, 2.45) is 11.7 Å². The van der Waals surface area contributed by atoms with Crippen molar-refractivity contribution >= 4 is 5.91 Å². The Labute approximate surface area is 91.4 Å². The van der Waals surface area contributed by atoms with E-state index in [1.54, 1.807) is 0 Å². The Kier molecular flexibility index (Phi) is 2.73. The Morgan fingerprint density at radius 2 is 2.20 bits per heavy atom. The summed E-state index contributed by atoms with van der Waals surface area (Å²) in [6, 6.07) is 0. The van der Waals surface area contributed by atoms with Gasteiger partial charge in [-0.05, 0) is 25.7 Å². The maximum absolute atomic E-state index is 11.9. The van der Waals surface area contributed by atoms with Gasteiger partial charge in [0, 0.05) is 32.1 Å². The molecule has 1 unspecified atom stereocenters. The van der Waals surface area contributed by atoms with Crippen LogP contribution < -0.4 is 5.73 Å². The fourth-order valence-corrected chi connectivity index (χ4v) is 2.79. The maximum atomic E-state index is 11.9. The van der Waals surface area contributed by atoms with Crippen molar-refractivity contribution in [3.63, 3.8) is 0 Å². The zero-order valence-corrected chi connectivity index (χ0v) is 9.70. The number of hydrazine groups is 1. The summed E-state index contributed by atoms with van der Waals surface area (Å²) in [7, 11) is 2.03. The highest BCUT2D eigenvalue weighted by Crippen LogP contribution is 2.44. The van der Waals surface area contributed by atoms with E-state index in [1.807, 2.05) is 12.1 Å². The summed E-state index contributed by atoms with van der Waals surface area (Å²) in [5, 5.41) is 3.95. The summed E-state index contributed by atoms with van der Waals surface area (Å²) in [4.78, 5) is 11.9. The molecule has 1 heterocycles. The second-order valence-corrected chi connectivity index (χ2v) is 4.99. The first-order chi connectivity index (χ1) is 7.09. The molecule has 0 bridgehead atoms. The molecule has 86 valence electrons. The van der Waals surface area contributed by atoms with Crippen LogP contribution in [0, 0.1) is 5.92 Å². The zero-order valence-electron chi connectivity index (χ0n) is 9.70. The Morgan fingerprint density at radius 3 is 2.67 bits per heavy atom. The van der Waals surface area contributed by atoms with Crippen LogP contribution in [-0.2, 0) is 4.79 Å². The first-order valence-corrected chi connectivity index (χ1v) is 5.84. The molecule has 4 heteroatoms. The molecule has 0 radical (unpaired) electrons. The lowest BCUT2D eigenvalue weighted by Gasteiger charge is -2.45. The molecule has 1 amide bonds. The number of carbonyl (C=O) groups is 1. The smallest absolute Gasteiger partial charge is 0.238 e. The van der Waals surface area contributed by atoms with Crippen molar-refractivity contribution in [1.29, 1.82) is 0 Å². The molecule has 2 aliphatic rings. The lowest BCUT2D eigenvalue weighted by Crippen LogP contribution is -2.52. The molecule has 1 saturated heterocycles. The molecule has 1 saturated carbocycles. The van der Waals surface area contributed by atoms with Gasteiger partial charge in [-0.1, -0.05) is 6.42 Å². The Bertz CT molecular complexity index is 265. The molecule has 0 aromatic heterocycles. The second kappa shape index (κ2) is 3.76. The van der Waals surface area contributed by atoms with Gasteiger partial charge in [-0.15, -0.1) is 0 Å². The Balaban J connectivity index is 2.12. The lowest BCUT2D eigenvalue weighted by molar-refractivity contribution is -0.139. The van der Waals surface area contributed by atoms with Crippen LogP contribution in [0.1, 0.15) is 32.6 Å². The molecule has 0 aromatic rings. The maximum Gasteiger partial charge on any atom is 0.238 e. The third-order valence-corrected chi connectivity index (χ3v) is 4.22. The van der Waals surface area contributed by atoms with Crippen LogP contribution in [0.15, 0.2) is 0 Å². The number of amides is 1. The summed E-state index contributed by atoms with van der Waals surface area (Å²) in [6.07, 6.45) is 4.52. The van der Waals surface area contributed by atoms with Gasteiger partial charge < -0.3 is 5.73 Å². The fourth-order valence-electron chi connectivity index (χ4n) is 2.79. The van der Waals surface area contributed by atoms with E-state index < -0.39 is 0 Å². The van der Waals surface area contributed by atoms with E-state index in [1.165, 1.54) is 19.3 Å². The molecule has 2 fully saturated rings. The molecule has 0 aromatic carbocycles. The third kappa shape index (κ3) is 1.56. The van der Waals surface area contributed by atoms with Crippen LogP contribution in [0.25, 0.3) is 0 Å². The molecule has 1 aliphatic carbocycles. The molecule has 1 aliphatic heterocycles. The minimum Gasteiger partial charge on any atom is -0.329 e. The van der Waals surface area contributed by atoms with E-state index in [2.05, 4.69) is 11.9 Å². The van der Waals surface area contributed by atoms with Gasteiger partial charge in [0.05, 0.1) is 0 Å². The number of nitrogens with zero attached hydrogens (tertiary/aromatic N) is 2. The van der Waals surface area contributed by atoms with Crippen molar-refractivity contribution in [3.8, 4) is 0 Å². The van der Waals surface area contributed by atoms with E-state index in [0.717, 1.165) is 0 Å². The molecule has 4 nitrogen and oxygen atoms in total. The molecule has 0 spiro atoms. The van der Waals surface area contributed by atoms with Gasteiger partial charge in [-0.25, -0.2) is 5.01 Å². The van der Waals surface area contributed by atoms with Crippen molar-refractivity contribution in [2.45, 2.75) is 38.1 Å². The number of hydrogen-bond donors (Lipinski definition) is 1. The number of carbonyl (C=O) groups excluding carboxylic acids is 1. The van der Waals surface area contributed by atoms with Crippen LogP contribution in [0.2, 0.25) is 0 Å². The van der Waals surface area contributed by atoms with E-state index in [9.17, 15) is 4.79 Å². The van der Waals surface area contributed by atoms with Gasteiger partial charge in [0.2, 0.25) is 5.91 Å². The first-order valence-electron chi connectivity index (χ1n) is 5.84. The summed E-state index contributed by atoms with van der Waals surface area (Å²) in [5.74, 6) is 0.923. The summed E-state index contributed by atoms with van der Waals surface area (Å²) >= 11 is 0. The minimum atomic E-state index is 0.0461. The second-order valence-electron chi connectivity index (χ2n) is 4.99. The number of rotatable bonds is 3. The van der Waals surface area contributed by atoms with E-state index in [4.69, 9.17) is 5.73 Å². The standard InChI is InChI=1S/C11H21N3O/c1-11(9-4-3-5-9)8-10(15)14(7-6-12)13(11)2/h9H,3-8,12H2,1-2H3. The average molecular weight is 211 g/mol. The highest BCUT2D eigenvalue weighted by molar-refractivity contribution is 5.79. The predicted molar refractivity (Wildman–Crippen MR) is 58.9 cm³/mol. The molecular weight excluding hydrogens is 190 g/mol. The van der Waals surface area contributed by atoms with Crippen molar-refractivity contribution in [1.82, 2.24) is 10.0 Å². The minimum absolute atomic E-state index is 0.0461. The van der Waals surface area contributed by atoms with Crippen LogP contribution in [-0.4, -0.2) is 41.6 Å². The number of hydrogen-bond acceptors (Lipinski definition) is 3. The Morgan fingerprint density at radius 1 is 1.53 bits per heavy atom. The summed E-state index contributed by atoms with van der Waals surface area (Å²) in [5.41, 5.74) is 5.57. The van der Waals surface area contributed by atoms with Crippen molar-refractivity contribution in [2.75, 3.05) is 20.1 Å². The van der Waals surface area contributed by atoms with Gasteiger partial charge in [0.15, 0.2) is 0 Å². The molecule has 2 rings (SSSR count). The molecule has 1 atom stereocenters. The monoisotopic (exact) mass is 211 g/mol. The largest absolute Gasteiger partial charge is 0.329 e. The van der Waals surface area contributed by atoms with E-state index in [-0.39, 0.29) is 11.4 Å². The van der Waals surface area contributed by atoms with Gasteiger partial charge >= 0.3 is 0 Å². The molecule has 15 heavy (non-hydrogen) atoms. The fraction of sp³-hybridized carbons (Fsp3) is 0.909. The first kappa shape index (κ1) is 10.9. The SMILES string of the molecule is CN1N(CCN)C(=O)CC1(C)C1CCC1. The quantitative estimate of drug-likeness (QED) is 0.743. The van der Waals surface area contributed by atoms with E-state index in [0.29, 0.717) is 25.4 Å². The Hall–Kier alpha value is -0.610. The van der Waals surface area contributed by atoms with Crippen molar-refractivity contribution < 1.29 is 4.79 Å². The topological polar surface area (TPSA) is 49.6 Å². The van der Waals surface area contributed by atoms with Crippen LogP contribution >= 0.6 is 0 Å². The summed E-state index contributed by atoms with van der Waals surface area (Å²) in [6.45, 7) is 3.40. The lowest BCUT2D eigenvalue weighted by atomic mass is 9.70. The van der Waals surface area contributed by atoms with Crippen molar-refractivity contribution in [3.05, 3.63) is 0 Å². The van der Waals surface area contributed by atoms with Gasteiger partial charge in [0.1, 0.15) is 0 Å². The molecular formula is C11H21N3O. The zero-order chi connectivity index (χ0) is 11.1. The summed E-state index contributed by atoms with van der Waals surface area (Å²) < 4.78 is 0. The third-order valence-electron chi connectivity index (χ3n) is 4.22. The average Bonchev–Trinajstić information content (AvgIpc) is 2.27. The predicted octanol–water partition coefficient (Wildman–Crippen LogP) is 0.583. The van der Waals surface area contributed by atoms with Gasteiger partial charge in [-0.2, -0.15) is 0 Å². The highest BCUT2D eigenvalue weighted by Gasteiger charge is 2.50.